The molecule has 0 radical (unpaired) electrons. The van der Waals surface area contributed by atoms with Crippen molar-refractivity contribution < 1.29 is 44.5 Å². The summed E-state index contributed by atoms with van der Waals surface area (Å²) < 4.78 is 0. The van der Waals surface area contributed by atoms with Crippen molar-refractivity contribution in [2.45, 2.75) is 19.4 Å². The Balaban J connectivity index is 2.94. The number of likely N-dealkylation sites (N-methyl/N-ethyl adjacent to an activating group) is 1. The van der Waals surface area contributed by atoms with Gasteiger partial charge < -0.3 is 25.7 Å². The molecule has 1 rings (SSSR count). The number of carboxylic acid groups (broad SMARTS) is 4. The van der Waals surface area contributed by atoms with Gasteiger partial charge >= 0.3 is 23.9 Å². The summed E-state index contributed by atoms with van der Waals surface area (Å²) in [5, 5.41) is 50.5. The molecule has 1 aromatic rings. The van der Waals surface area contributed by atoms with Crippen molar-refractivity contribution in [3.8, 4) is 0 Å². The summed E-state index contributed by atoms with van der Waals surface area (Å²) in [6.07, 6.45) is 0.265. The molecule has 0 saturated carbocycles. The summed E-state index contributed by atoms with van der Waals surface area (Å²) in [5.74, 6) is -4.33. The van der Waals surface area contributed by atoms with Crippen LogP contribution in [0, 0.1) is 10.1 Å². The predicted molar refractivity (Wildman–Crippen MR) is 134 cm³/mol. The number of benzene rings is 1. The summed E-state index contributed by atoms with van der Waals surface area (Å²) in [6, 6.07) is 5.21. The lowest BCUT2D eigenvalue weighted by Crippen LogP contribution is -2.48. The molecule has 15 nitrogen and oxygen atoms in total. The van der Waals surface area contributed by atoms with Crippen LogP contribution in [0.3, 0.4) is 0 Å². The van der Waals surface area contributed by atoms with Gasteiger partial charge in [0.15, 0.2) is 0 Å². The van der Waals surface area contributed by atoms with E-state index >= 15 is 0 Å². The zero-order valence-corrected chi connectivity index (χ0v) is 21.2. The first-order valence-electron chi connectivity index (χ1n) is 11.9. The zero-order valence-electron chi connectivity index (χ0n) is 21.2. The Morgan fingerprint density at radius 3 is 1.76 bits per heavy atom. The van der Waals surface area contributed by atoms with Gasteiger partial charge in [0.05, 0.1) is 31.1 Å². The van der Waals surface area contributed by atoms with Crippen molar-refractivity contribution in [3.63, 3.8) is 0 Å². The first-order chi connectivity index (χ1) is 17.9. The lowest BCUT2D eigenvalue weighted by atomic mass is 10.0. The van der Waals surface area contributed by atoms with E-state index in [2.05, 4.69) is 5.32 Å². The van der Waals surface area contributed by atoms with Crippen LogP contribution < -0.4 is 5.32 Å². The van der Waals surface area contributed by atoms with E-state index in [0.29, 0.717) is 18.7 Å². The largest absolute Gasteiger partial charge is 0.480 e. The first kappa shape index (κ1) is 32.4. The van der Waals surface area contributed by atoms with Crippen LogP contribution in [0.4, 0.5) is 5.69 Å². The number of nitro groups is 1. The second-order valence-corrected chi connectivity index (χ2v) is 8.66. The highest BCUT2D eigenvalue weighted by Crippen LogP contribution is 2.14. The van der Waals surface area contributed by atoms with Gasteiger partial charge in [-0.15, -0.1) is 0 Å². The van der Waals surface area contributed by atoms with Gasteiger partial charge in [0.2, 0.25) is 0 Å². The lowest BCUT2D eigenvalue weighted by molar-refractivity contribution is -0.384. The van der Waals surface area contributed by atoms with Crippen LogP contribution in [0.5, 0.6) is 0 Å². The Morgan fingerprint density at radius 2 is 1.29 bits per heavy atom. The summed E-state index contributed by atoms with van der Waals surface area (Å²) in [4.78, 5) is 60.1. The molecule has 1 atom stereocenters. The second kappa shape index (κ2) is 17.0. The standard InChI is InChI=1S/C23H35N5O10/c1-2-25(14-21(31)32)7-8-26(15-22(33)34)9-10-27(16-23(35)36)13-18(24-12-20(29)30)11-17-3-5-19(6-4-17)28(37)38/h3-6,18,24H,2,7-16H2,1H3,(H,29,30)(H,31,32)(H,33,34)(H,35,36). The monoisotopic (exact) mass is 541 g/mol. The zero-order chi connectivity index (χ0) is 28.7. The maximum Gasteiger partial charge on any atom is 0.317 e. The Kier molecular flexibility index (Phi) is 14.4. The Morgan fingerprint density at radius 1 is 0.816 bits per heavy atom. The second-order valence-electron chi connectivity index (χ2n) is 8.66. The highest BCUT2D eigenvalue weighted by atomic mass is 16.6. The predicted octanol–water partition coefficient (Wildman–Crippen LogP) is -0.640. The average Bonchev–Trinajstić information content (AvgIpc) is 2.82. The molecule has 0 aliphatic rings. The van der Waals surface area contributed by atoms with E-state index in [1.54, 1.807) is 33.8 Å². The summed E-state index contributed by atoms with van der Waals surface area (Å²) in [5.41, 5.74) is 0.583. The Bertz CT molecular complexity index is 943. The van der Waals surface area contributed by atoms with Gasteiger partial charge in [0, 0.05) is 50.9 Å². The fraction of sp³-hybridized carbons (Fsp3) is 0.565. The number of non-ortho nitro benzene ring substituents is 1. The van der Waals surface area contributed by atoms with E-state index in [4.69, 9.17) is 10.2 Å². The summed E-state index contributed by atoms with van der Waals surface area (Å²) in [7, 11) is 0. The summed E-state index contributed by atoms with van der Waals surface area (Å²) in [6.45, 7) is 1.94. The molecule has 0 fully saturated rings. The van der Waals surface area contributed by atoms with Crippen LogP contribution in [0.1, 0.15) is 12.5 Å². The van der Waals surface area contributed by atoms with Gasteiger partial charge in [-0.2, -0.15) is 0 Å². The van der Waals surface area contributed by atoms with Gasteiger partial charge in [-0.05, 0) is 18.5 Å². The van der Waals surface area contributed by atoms with E-state index in [-0.39, 0.29) is 64.5 Å². The molecular weight excluding hydrogens is 506 g/mol. The normalized spacial score (nSPS) is 12.1. The maximum absolute atomic E-state index is 11.5. The number of hydrogen-bond acceptors (Lipinski definition) is 10. The molecule has 0 aromatic heterocycles. The third kappa shape index (κ3) is 14.2. The minimum absolute atomic E-state index is 0.0974. The van der Waals surface area contributed by atoms with Gasteiger partial charge in [0.1, 0.15) is 0 Å². The molecule has 1 aromatic carbocycles. The van der Waals surface area contributed by atoms with Gasteiger partial charge in [-0.25, -0.2) is 0 Å². The van der Waals surface area contributed by atoms with Crippen LogP contribution in [-0.4, -0.2) is 135 Å². The molecule has 0 saturated heterocycles. The molecule has 15 heteroatoms. The third-order valence-electron chi connectivity index (χ3n) is 5.64. The summed E-state index contributed by atoms with van der Waals surface area (Å²) >= 11 is 0. The van der Waals surface area contributed by atoms with E-state index in [9.17, 15) is 39.5 Å². The molecule has 38 heavy (non-hydrogen) atoms. The molecule has 0 aliphatic heterocycles. The van der Waals surface area contributed by atoms with Crippen LogP contribution in [-0.2, 0) is 25.6 Å². The van der Waals surface area contributed by atoms with Crippen LogP contribution in [0.25, 0.3) is 0 Å². The smallest absolute Gasteiger partial charge is 0.317 e. The van der Waals surface area contributed by atoms with E-state index in [1.165, 1.54) is 12.1 Å². The SMILES string of the molecule is CCN(CCN(CCN(CC(=O)O)CC(Cc1ccc([N+](=O)[O-])cc1)NCC(=O)O)CC(=O)O)CC(=O)O. The van der Waals surface area contributed by atoms with Crippen molar-refractivity contribution in [3.05, 3.63) is 39.9 Å². The number of carbonyl (C=O) groups is 4. The minimum Gasteiger partial charge on any atom is -0.480 e. The van der Waals surface area contributed by atoms with Crippen LogP contribution >= 0.6 is 0 Å². The fourth-order valence-electron chi connectivity index (χ4n) is 3.78. The highest BCUT2D eigenvalue weighted by Gasteiger charge is 2.20. The lowest BCUT2D eigenvalue weighted by Gasteiger charge is -2.30. The first-order valence-corrected chi connectivity index (χ1v) is 11.9. The van der Waals surface area contributed by atoms with E-state index in [1.807, 2.05) is 0 Å². The van der Waals surface area contributed by atoms with E-state index < -0.39 is 34.8 Å². The topological polar surface area (TPSA) is 214 Å². The molecule has 0 heterocycles. The van der Waals surface area contributed by atoms with E-state index in [0.717, 1.165) is 0 Å². The molecule has 0 bridgehead atoms. The van der Waals surface area contributed by atoms with Gasteiger partial charge in [0.25, 0.3) is 5.69 Å². The number of carboxylic acids is 4. The van der Waals surface area contributed by atoms with Crippen molar-refractivity contribution in [1.82, 2.24) is 20.0 Å². The Hall–Kier alpha value is -3.66. The number of aliphatic carboxylic acids is 4. The van der Waals surface area contributed by atoms with Crippen molar-refractivity contribution in [2.24, 2.45) is 0 Å². The van der Waals surface area contributed by atoms with Gasteiger partial charge in [-0.3, -0.25) is 44.0 Å². The van der Waals surface area contributed by atoms with Crippen LogP contribution in [0.15, 0.2) is 24.3 Å². The number of hydrogen-bond donors (Lipinski definition) is 5. The number of nitrogens with one attached hydrogen (secondary N) is 1. The molecule has 0 aliphatic carbocycles. The van der Waals surface area contributed by atoms with Crippen molar-refractivity contribution >= 4 is 29.6 Å². The maximum atomic E-state index is 11.5. The average molecular weight is 542 g/mol. The van der Waals surface area contributed by atoms with Gasteiger partial charge in [-0.1, -0.05) is 19.1 Å². The molecule has 212 valence electrons. The molecule has 0 spiro atoms. The third-order valence-corrected chi connectivity index (χ3v) is 5.64. The highest BCUT2D eigenvalue weighted by molar-refractivity contribution is 5.70. The van der Waals surface area contributed by atoms with Crippen molar-refractivity contribution in [2.75, 3.05) is 65.4 Å². The number of nitrogens with zero attached hydrogens (tertiary/aromatic N) is 4. The fourth-order valence-corrected chi connectivity index (χ4v) is 3.78. The molecule has 5 N–H and O–H groups in total. The van der Waals surface area contributed by atoms with Crippen molar-refractivity contribution in [1.29, 1.82) is 0 Å². The van der Waals surface area contributed by atoms with Crippen LogP contribution in [0.2, 0.25) is 0 Å². The molecule has 1 unspecified atom stereocenters. The minimum atomic E-state index is -1.12. The Labute approximate surface area is 219 Å². The quantitative estimate of drug-likeness (QED) is 0.0967. The molecular formula is C23H35N5O10. The number of rotatable bonds is 21. The molecule has 0 amide bonds. The number of nitro benzene ring substituents is 1.